The molecule has 0 radical (unpaired) electrons. The van der Waals surface area contributed by atoms with Crippen LogP contribution in [0.1, 0.15) is 13.3 Å². The summed E-state index contributed by atoms with van der Waals surface area (Å²) in [7, 11) is 0.343. The van der Waals surface area contributed by atoms with Gasteiger partial charge < -0.3 is 9.64 Å². The van der Waals surface area contributed by atoms with Crippen LogP contribution in [0.5, 0.6) is 0 Å². The Morgan fingerprint density at radius 3 is 2.53 bits per heavy atom. The third kappa shape index (κ3) is 7.28. The van der Waals surface area contributed by atoms with Gasteiger partial charge in [-0.1, -0.05) is 6.92 Å². The Labute approximate surface area is 104 Å². The van der Waals surface area contributed by atoms with Gasteiger partial charge in [-0.2, -0.15) is 5.26 Å². The minimum atomic E-state index is -3.53. The minimum Gasteiger partial charge on any atom is -0.379 e. The topological polar surface area (TPSA) is 82.4 Å². The van der Waals surface area contributed by atoms with Crippen molar-refractivity contribution in [3.8, 4) is 6.07 Å². The van der Waals surface area contributed by atoms with Crippen LogP contribution in [0.15, 0.2) is 0 Å². The van der Waals surface area contributed by atoms with Crippen LogP contribution < -0.4 is 4.72 Å². The lowest BCUT2D eigenvalue weighted by Crippen LogP contribution is -2.35. The fraction of sp³-hybridized carbons (Fsp3) is 0.900. The number of nitriles is 1. The molecule has 0 aromatic rings. The minimum absolute atomic E-state index is 0.202. The number of likely N-dealkylation sites (N-methyl/N-ethyl adjacent to an activating group) is 1. The molecule has 0 aliphatic rings. The Bertz CT molecular complexity index is 335. The molecule has 17 heavy (non-hydrogen) atoms. The van der Waals surface area contributed by atoms with Gasteiger partial charge in [-0.25, -0.2) is 13.1 Å². The quantitative estimate of drug-likeness (QED) is 0.582. The van der Waals surface area contributed by atoms with Crippen LogP contribution in [0.4, 0.5) is 0 Å². The van der Waals surface area contributed by atoms with Gasteiger partial charge >= 0.3 is 0 Å². The monoisotopic (exact) mass is 263 g/mol. The Hall–Kier alpha value is -0.680. The lowest BCUT2D eigenvalue weighted by molar-refractivity contribution is 0.122. The summed E-state index contributed by atoms with van der Waals surface area (Å²) in [4.78, 5) is 1.98. The average Bonchev–Trinajstić information content (AvgIpc) is 2.24. The first-order valence-electron chi connectivity index (χ1n) is 5.54. The maximum atomic E-state index is 11.5. The van der Waals surface area contributed by atoms with Crippen molar-refractivity contribution in [2.45, 2.75) is 18.6 Å². The van der Waals surface area contributed by atoms with E-state index in [1.807, 2.05) is 19.0 Å². The van der Waals surface area contributed by atoms with Crippen molar-refractivity contribution in [1.82, 2.24) is 9.62 Å². The molecule has 0 aliphatic carbocycles. The van der Waals surface area contributed by atoms with E-state index in [2.05, 4.69) is 4.72 Å². The molecule has 0 aliphatic heterocycles. The number of hydrogen-bond donors (Lipinski definition) is 1. The highest BCUT2D eigenvalue weighted by molar-refractivity contribution is 7.90. The molecule has 1 atom stereocenters. The summed E-state index contributed by atoms with van der Waals surface area (Å²) in [6, 6.07) is 1.76. The van der Waals surface area contributed by atoms with Crippen molar-refractivity contribution in [3.63, 3.8) is 0 Å². The number of sulfonamides is 1. The van der Waals surface area contributed by atoms with Gasteiger partial charge in [0, 0.05) is 13.1 Å². The summed E-state index contributed by atoms with van der Waals surface area (Å²) in [5.74, 6) is 0. The zero-order valence-electron chi connectivity index (χ0n) is 10.6. The van der Waals surface area contributed by atoms with Gasteiger partial charge in [0.05, 0.1) is 19.3 Å². The second kappa shape index (κ2) is 8.42. The van der Waals surface area contributed by atoms with Crippen molar-refractivity contribution in [2.75, 3.05) is 40.4 Å². The fourth-order valence-electron chi connectivity index (χ4n) is 1.09. The summed E-state index contributed by atoms with van der Waals surface area (Å²) < 4.78 is 30.7. The molecule has 1 unspecified atom stereocenters. The van der Waals surface area contributed by atoms with Gasteiger partial charge in [-0.05, 0) is 20.5 Å². The third-order valence-corrected chi connectivity index (χ3v) is 3.92. The lowest BCUT2D eigenvalue weighted by atomic mass is 10.4. The van der Waals surface area contributed by atoms with Gasteiger partial charge in [0.2, 0.25) is 10.0 Å². The van der Waals surface area contributed by atoms with Crippen molar-refractivity contribution in [3.05, 3.63) is 0 Å². The molecule has 0 bridgehead atoms. The highest BCUT2D eigenvalue weighted by atomic mass is 32.2. The van der Waals surface area contributed by atoms with Crippen LogP contribution >= 0.6 is 0 Å². The molecule has 0 amide bonds. The van der Waals surface area contributed by atoms with Gasteiger partial charge in [0.1, 0.15) is 0 Å². The van der Waals surface area contributed by atoms with E-state index in [9.17, 15) is 8.42 Å². The SMILES string of the molecule is CCC(C#N)S(=O)(=O)NCCOCCN(C)C. The number of rotatable bonds is 9. The maximum Gasteiger partial charge on any atom is 0.228 e. The Kier molecular flexibility index (Phi) is 8.08. The lowest BCUT2D eigenvalue weighted by Gasteiger charge is -2.11. The predicted molar refractivity (Wildman–Crippen MR) is 66.0 cm³/mol. The van der Waals surface area contributed by atoms with E-state index < -0.39 is 15.3 Å². The van der Waals surface area contributed by atoms with Gasteiger partial charge in [0.15, 0.2) is 5.25 Å². The van der Waals surface area contributed by atoms with Crippen molar-refractivity contribution < 1.29 is 13.2 Å². The second-order valence-electron chi connectivity index (χ2n) is 3.88. The van der Waals surface area contributed by atoms with E-state index in [0.29, 0.717) is 13.2 Å². The maximum absolute atomic E-state index is 11.5. The molecule has 0 heterocycles. The molecular weight excluding hydrogens is 242 g/mol. The average molecular weight is 263 g/mol. The van der Waals surface area contributed by atoms with Crippen molar-refractivity contribution in [2.24, 2.45) is 0 Å². The molecule has 100 valence electrons. The molecule has 6 nitrogen and oxygen atoms in total. The summed E-state index contributed by atoms with van der Waals surface area (Å²) in [6.07, 6.45) is 0.285. The van der Waals surface area contributed by atoms with Crippen LogP contribution in [-0.2, 0) is 14.8 Å². The molecule has 0 saturated heterocycles. The Balaban J connectivity index is 3.78. The van der Waals surface area contributed by atoms with E-state index >= 15 is 0 Å². The Morgan fingerprint density at radius 1 is 1.41 bits per heavy atom. The first kappa shape index (κ1) is 16.3. The molecule has 0 spiro atoms. The van der Waals surface area contributed by atoms with E-state index in [-0.39, 0.29) is 13.0 Å². The summed E-state index contributed by atoms with van der Waals surface area (Å²) in [5.41, 5.74) is 0. The summed E-state index contributed by atoms with van der Waals surface area (Å²) >= 11 is 0. The smallest absolute Gasteiger partial charge is 0.228 e. The number of nitrogens with one attached hydrogen (secondary N) is 1. The molecule has 0 rings (SSSR count). The van der Waals surface area contributed by atoms with Crippen LogP contribution in [0.25, 0.3) is 0 Å². The van der Waals surface area contributed by atoms with Crippen molar-refractivity contribution >= 4 is 10.0 Å². The fourth-order valence-corrected chi connectivity index (χ4v) is 2.23. The number of ether oxygens (including phenoxy) is 1. The third-order valence-electron chi connectivity index (χ3n) is 2.12. The van der Waals surface area contributed by atoms with Gasteiger partial charge in [0.25, 0.3) is 0 Å². The normalized spacial score (nSPS) is 13.6. The molecule has 1 N–H and O–H groups in total. The number of nitrogens with zero attached hydrogens (tertiary/aromatic N) is 2. The van der Waals surface area contributed by atoms with E-state index in [1.165, 1.54) is 0 Å². The summed E-state index contributed by atoms with van der Waals surface area (Å²) in [5, 5.41) is 7.68. The first-order chi connectivity index (χ1) is 7.94. The number of hydrogen-bond acceptors (Lipinski definition) is 5. The highest BCUT2D eigenvalue weighted by Gasteiger charge is 2.22. The van der Waals surface area contributed by atoms with Gasteiger partial charge in [-0.15, -0.1) is 0 Å². The molecule has 0 fully saturated rings. The van der Waals surface area contributed by atoms with Crippen LogP contribution in [-0.4, -0.2) is 59.0 Å². The van der Waals surface area contributed by atoms with Crippen LogP contribution in [0.3, 0.4) is 0 Å². The molecule has 0 aromatic heterocycles. The second-order valence-corrected chi connectivity index (χ2v) is 5.83. The largest absolute Gasteiger partial charge is 0.379 e. The molecule has 0 saturated carbocycles. The zero-order chi connectivity index (χ0) is 13.3. The van der Waals surface area contributed by atoms with Crippen LogP contribution in [0.2, 0.25) is 0 Å². The standard InChI is InChI=1S/C10H21N3O3S/c1-4-10(9-11)17(14,15)12-5-7-16-8-6-13(2)3/h10,12H,4-8H2,1-3H3. The predicted octanol–water partition coefficient (Wildman–Crippen LogP) is -0.214. The van der Waals surface area contributed by atoms with E-state index in [1.54, 1.807) is 13.0 Å². The van der Waals surface area contributed by atoms with Gasteiger partial charge in [-0.3, -0.25) is 0 Å². The Morgan fingerprint density at radius 2 is 2.06 bits per heavy atom. The first-order valence-corrected chi connectivity index (χ1v) is 7.09. The molecule has 0 aromatic carbocycles. The van der Waals surface area contributed by atoms with E-state index in [0.717, 1.165) is 6.54 Å². The van der Waals surface area contributed by atoms with Crippen LogP contribution in [0, 0.1) is 11.3 Å². The highest BCUT2D eigenvalue weighted by Crippen LogP contribution is 2.01. The molecule has 7 heteroatoms. The zero-order valence-corrected chi connectivity index (χ0v) is 11.5. The molecular formula is C10H21N3O3S. The summed E-state index contributed by atoms with van der Waals surface area (Å²) in [6.45, 7) is 3.54. The van der Waals surface area contributed by atoms with Crippen molar-refractivity contribution in [1.29, 1.82) is 5.26 Å². The van der Waals surface area contributed by atoms with E-state index in [4.69, 9.17) is 10.00 Å².